The average molecular weight is 441 g/mol. The SMILES string of the molecule is Cc1ccc(-c2noc(CSc3nnc(-c4cccnc4)n3-c3ccccc3C)n2)cc1. The Morgan fingerprint density at radius 3 is 2.53 bits per heavy atom. The van der Waals surface area contributed by atoms with Gasteiger partial charge in [-0.3, -0.25) is 9.55 Å². The molecule has 5 rings (SSSR count). The van der Waals surface area contributed by atoms with Crippen molar-refractivity contribution in [3.05, 3.63) is 90.1 Å². The molecule has 0 radical (unpaired) electrons. The maximum atomic E-state index is 5.48. The van der Waals surface area contributed by atoms with Gasteiger partial charge in [0.05, 0.1) is 11.4 Å². The van der Waals surface area contributed by atoms with E-state index in [9.17, 15) is 0 Å². The zero-order chi connectivity index (χ0) is 21.9. The van der Waals surface area contributed by atoms with E-state index >= 15 is 0 Å². The molecule has 3 aromatic heterocycles. The molecule has 0 saturated carbocycles. The highest BCUT2D eigenvalue weighted by Crippen LogP contribution is 2.30. The van der Waals surface area contributed by atoms with Crippen LogP contribution < -0.4 is 0 Å². The van der Waals surface area contributed by atoms with Gasteiger partial charge in [-0.15, -0.1) is 10.2 Å². The molecule has 0 N–H and O–H groups in total. The van der Waals surface area contributed by atoms with E-state index in [2.05, 4.69) is 44.4 Å². The van der Waals surface area contributed by atoms with Crippen LogP contribution in [-0.2, 0) is 5.75 Å². The minimum atomic E-state index is 0.482. The first-order chi connectivity index (χ1) is 15.7. The molecule has 0 aliphatic rings. The van der Waals surface area contributed by atoms with E-state index < -0.39 is 0 Å². The Morgan fingerprint density at radius 1 is 0.906 bits per heavy atom. The summed E-state index contributed by atoms with van der Waals surface area (Å²) in [6.45, 7) is 4.12. The van der Waals surface area contributed by atoms with Gasteiger partial charge in [-0.1, -0.05) is 64.9 Å². The molecule has 5 aromatic rings. The maximum Gasteiger partial charge on any atom is 0.237 e. The van der Waals surface area contributed by atoms with Crippen molar-refractivity contribution in [3.63, 3.8) is 0 Å². The fourth-order valence-electron chi connectivity index (χ4n) is 3.34. The van der Waals surface area contributed by atoms with Gasteiger partial charge in [0.2, 0.25) is 11.7 Å². The molecule has 2 aromatic carbocycles. The lowest BCUT2D eigenvalue weighted by Gasteiger charge is -2.12. The Morgan fingerprint density at radius 2 is 1.75 bits per heavy atom. The topological polar surface area (TPSA) is 82.5 Å². The van der Waals surface area contributed by atoms with Crippen molar-refractivity contribution < 1.29 is 4.52 Å². The van der Waals surface area contributed by atoms with Crippen molar-refractivity contribution >= 4 is 11.8 Å². The number of rotatable bonds is 6. The fourth-order valence-corrected chi connectivity index (χ4v) is 4.12. The van der Waals surface area contributed by atoms with Crippen molar-refractivity contribution in [2.24, 2.45) is 0 Å². The highest BCUT2D eigenvalue weighted by Gasteiger charge is 2.19. The zero-order valence-corrected chi connectivity index (χ0v) is 18.5. The van der Waals surface area contributed by atoms with Crippen LogP contribution in [0.4, 0.5) is 0 Å². The van der Waals surface area contributed by atoms with Gasteiger partial charge in [0.15, 0.2) is 11.0 Å². The van der Waals surface area contributed by atoms with Crippen molar-refractivity contribution in [2.45, 2.75) is 24.8 Å². The van der Waals surface area contributed by atoms with Gasteiger partial charge in [-0.05, 0) is 37.6 Å². The summed E-state index contributed by atoms with van der Waals surface area (Å²) in [6.07, 6.45) is 3.54. The van der Waals surface area contributed by atoms with Crippen molar-refractivity contribution in [1.82, 2.24) is 29.9 Å². The third-order valence-electron chi connectivity index (χ3n) is 5.01. The van der Waals surface area contributed by atoms with E-state index in [0.29, 0.717) is 17.5 Å². The van der Waals surface area contributed by atoms with Gasteiger partial charge >= 0.3 is 0 Å². The number of para-hydroxylation sites is 1. The van der Waals surface area contributed by atoms with Gasteiger partial charge in [0, 0.05) is 23.5 Å². The Bertz CT molecular complexity index is 1340. The Hall–Kier alpha value is -3.78. The van der Waals surface area contributed by atoms with Crippen LogP contribution in [0.2, 0.25) is 0 Å². The lowest BCUT2D eigenvalue weighted by molar-refractivity contribution is 0.391. The largest absolute Gasteiger partial charge is 0.338 e. The summed E-state index contributed by atoms with van der Waals surface area (Å²) in [5.74, 6) is 2.33. The summed E-state index contributed by atoms with van der Waals surface area (Å²) in [6, 6.07) is 20.1. The second kappa shape index (κ2) is 8.76. The molecule has 0 aliphatic carbocycles. The van der Waals surface area contributed by atoms with Gasteiger partial charge < -0.3 is 4.52 Å². The predicted molar refractivity (Wildman–Crippen MR) is 123 cm³/mol. The van der Waals surface area contributed by atoms with Crippen LogP contribution in [-0.4, -0.2) is 29.9 Å². The van der Waals surface area contributed by atoms with Crippen LogP contribution in [0.15, 0.2) is 82.7 Å². The Kier molecular flexibility index (Phi) is 5.51. The zero-order valence-electron chi connectivity index (χ0n) is 17.6. The molecule has 0 bridgehead atoms. The second-order valence-electron chi connectivity index (χ2n) is 7.34. The van der Waals surface area contributed by atoms with Gasteiger partial charge in [-0.25, -0.2) is 0 Å². The molecule has 0 amide bonds. The third kappa shape index (κ3) is 4.04. The third-order valence-corrected chi connectivity index (χ3v) is 5.93. The molecule has 3 heterocycles. The highest BCUT2D eigenvalue weighted by atomic mass is 32.2. The summed E-state index contributed by atoms with van der Waals surface area (Å²) in [7, 11) is 0. The number of aryl methyl sites for hydroxylation is 2. The number of thioether (sulfide) groups is 1. The van der Waals surface area contributed by atoms with E-state index in [1.807, 2.05) is 60.0 Å². The van der Waals surface area contributed by atoms with E-state index in [-0.39, 0.29) is 0 Å². The smallest absolute Gasteiger partial charge is 0.237 e. The van der Waals surface area contributed by atoms with Gasteiger partial charge in [0.1, 0.15) is 0 Å². The molecular weight excluding hydrogens is 420 g/mol. The number of benzene rings is 2. The normalized spacial score (nSPS) is 11.1. The monoisotopic (exact) mass is 440 g/mol. The molecule has 0 spiro atoms. The van der Waals surface area contributed by atoms with Crippen LogP contribution in [0.5, 0.6) is 0 Å². The summed E-state index contributed by atoms with van der Waals surface area (Å²) < 4.78 is 7.53. The molecule has 0 aliphatic heterocycles. The first-order valence-electron chi connectivity index (χ1n) is 10.1. The lowest BCUT2D eigenvalue weighted by atomic mass is 10.1. The Labute approximate surface area is 189 Å². The minimum absolute atomic E-state index is 0.482. The number of hydrogen-bond donors (Lipinski definition) is 0. The first kappa shape index (κ1) is 20.1. The predicted octanol–water partition coefficient (Wildman–Crippen LogP) is 5.29. The maximum absolute atomic E-state index is 5.48. The second-order valence-corrected chi connectivity index (χ2v) is 8.28. The molecule has 32 heavy (non-hydrogen) atoms. The van der Waals surface area contributed by atoms with Crippen molar-refractivity contribution in [3.8, 4) is 28.5 Å². The van der Waals surface area contributed by atoms with Crippen LogP contribution in [0.1, 0.15) is 17.0 Å². The van der Waals surface area contributed by atoms with Crippen molar-refractivity contribution in [1.29, 1.82) is 0 Å². The summed E-state index contributed by atoms with van der Waals surface area (Å²) >= 11 is 1.50. The summed E-state index contributed by atoms with van der Waals surface area (Å²) in [5, 5.41) is 13.8. The van der Waals surface area contributed by atoms with Crippen LogP contribution in [0.25, 0.3) is 28.5 Å². The summed E-state index contributed by atoms with van der Waals surface area (Å²) in [4.78, 5) is 8.78. The molecule has 0 saturated heterocycles. The Balaban J connectivity index is 1.45. The van der Waals surface area contributed by atoms with Crippen LogP contribution in [0.3, 0.4) is 0 Å². The van der Waals surface area contributed by atoms with E-state index in [1.165, 1.54) is 17.3 Å². The fraction of sp³-hybridized carbons (Fsp3) is 0.125. The molecule has 158 valence electrons. The number of hydrogen-bond acceptors (Lipinski definition) is 7. The van der Waals surface area contributed by atoms with Crippen LogP contribution >= 0.6 is 11.8 Å². The molecule has 0 unspecified atom stereocenters. The molecule has 0 fully saturated rings. The van der Waals surface area contributed by atoms with E-state index in [1.54, 1.807) is 12.4 Å². The molecule has 8 heteroatoms. The standard InChI is InChI=1S/C24H20N6OS/c1-16-9-11-18(12-10-16)22-26-21(31-29-22)15-32-24-28-27-23(19-7-5-13-25-14-19)30(24)20-8-4-3-6-17(20)2/h3-14H,15H2,1-2H3. The quantitative estimate of drug-likeness (QED) is 0.332. The molecular formula is C24H20N6OS. The lowest BCUT2D eigenvalue weighted by Crippen LogP contribution is -2.02. The van der Waals surface area contributed by atoms with Crippen molar-refractivity contribution in [2.75, 3.05) is 0 Å². The highest BCUT2D eigenvalue weighted by molar-refractivity contribution is 7.98. The molecule has 0 atom stereocenters. The average Bonchev–Trinajstić information content (AvgIpc) is 3.46. The van der Waals surface area contributed by atoms with E-state index in [4.69, 9.17) is 4.52 Å². The van der Waals surface area contributed by atoms with Gasteiger partial charge in [-0.2, -0.15) is 4.98 Å². The molecule has 7 nitrogen and oxygen atoms in total. The van der Waals surface area contributed by atoms with Crippen LogP contribution in [0, 0.1) is 13.8 Å². The van der Waals surface area contributed by atoms with E-state index in [0.717, 1.165) is 33.4 Å². The minimum Gasteiger partial charge on any atom is -0.338 e. The first-order valence-corrected chi connectivity index (χ1v) is 11.1. The number of nitrogens with zero attached hydrogens (tertiary/aromatic N) is 6. The number of pyridine rings is 1. The number of aromatic nitrogens is 6. The van der Waals surface area contributed by atoms with Gasteiger partial charge in [0.25, 0.3) is 0 Å². The summed E-state index contributed by atoms with van der Waals surface area (Å²) in [5.41, 5.74) is 5.16.